The van der Waals surface area contributed by atoms with E-state index in [2.05, 4.69) is 5.16 Å². The lowest BCUT2D eigenvalue weighted by Crippen LogP contribution is -2.06. The van der Waals surface area contributed by atoms with Gasteiger partial charge in [0.05, 0.1) is 17.9 Å². The van der Waals surface area contributed by atoms with E-state index in [-0.39, 0.29) is 17.7 Å². The lowest BCUT2D eigenvalue weighted by atomic mass is 10.1. The molecule has 0 unspecified atom stereocenters. The molecule has 90 valence electrons. The standard InChI is InChI=1S/C12H13FN2O2/c1-7(2)16-11-4-3-8(5-10(11)13)9-6-15-17-12(9)14/h3-7H,14H2,1-2H3. The summed E-state index contributed by atoms with van der Waals surface area (Å²) in [5.41, 5.74) is 6.74. The van der Waals surface area contributed by atoms with Crippen LogP contribution in [-0.2, 0) is 0 Å². The Morgan fingerprint density at radius 3 is 2.71 bits per heavy atom. The van der Waals surface area contributed by atoms with E-state index in [1.165, 1.54) is 12.3 Å². The highest BCUT2D eigenvalue weighted by molar-refractivity contribution is 5.72. The van der Waals surface area contributed by atoms with Crippen LogP contribution >= 0.6 is 0 Å². The van der Waals surface area contributed by atoms with Crippen molar-refractivity contribution in [3.63, 3.8) is 0 Å². The van der Waals surface area contributed by atoms with Crippen molar-refractivity contribution in [1.29, 1.82) is 0 Å². The smallest absolute Gasteiger partial charge is 0.229 e. The molecule has 0 spiro atoms. The molecule has 0 fully saturated rings. The van der Waals surface area contributed by atoms with Crippen LogP contribution in [0, 0.1) is 5.82 Å². The third-order valence-electron chi connectivity index (χ3n) is 2.20. The molecule has 0 saturated carbocycles. The van der Waals surface area contributed by atoms with Gasteiger partial charge in [-0.3, -0.25) is 0 Å². The molecular formula is C12H13FN2O2. The van der Waals surface area contributed by atoms with Crippen LogP contribution in [-0.4, -0.2) is 11.3 Å². The number of nitrogens with zero attached hydrogens (tertiary/aromatic N) is 1. The first-order chi connectivity index (χ1) is 8.08. The highest BCUT2D eigenvalue weighted by Gasteiger charge is 2.11. The fraction of sp³-hybridized carbons (Fsp3) is 0.250. The fourth-order valence-electron chi connectivity index (χ4n) is 1.48. The first-order valence-electron chi connectivity index (χ1n) is 5.24. The lowest BCUT2D eigenvalue weighted by Gasteiger charge is -2.11. The molecule has 0 aliphatic carbocycles. The number of anilines is 1. The number of nitrogen functional groups attached to an aromatic ring is 1. The molecule has 1 aromatic heterocycles. The van der Waals surface area contributed by atoms with Crippen molar-refractivity contribution in [2.24, 2.45) is 0 Å². The second kappa shape index (κ2) is 4.45. The Morgan fingerprint density at radius 2 is 2.18 bits per heavy atom. The summed E-state index contributed by atoms with van der Waals surface area (Å²) in [6.45, 7) is 3.68. The molecule has 2 N–H and O–H groups in total. The number of benzene rings is 1. The first-order valence-corrected chi connectivity index (χ1v) is 5.24. The van der Waals surface area contributed by atoms with Gasteiger partial charge in [0.1, 0.15) is 0 Å². The zero-order valence-electron chi connectivity index (χ0n) is 9.61. The summed E-state index contributed by atoms with van der Waals surface area (Å²) >= 11 is 0. The van der Waals surface area contributed by atoms with Gasteiger partial charge >= 0.3 is 0 Å². The monoisotopic (exact) mass is 236 g/mol. The van der Waals surface area contributed by atoms with Crippen molar-refractivity contribution in [2.75, 3.05) is 5.73 Å². The Hall–Kier alpha value is -2.04. The second-order valence-electron chi connectivity index (χ2n) is 3.92. The number of hydrogen-bond acceptors (Lipinski definition) is 4. The van der Waals surface area contributed by atoms with Crippen LogP contribution < -0.4 is 10.5 Å². The Labute approximate surface area is 98.2 Å². The Balaban J connectivity index is 2.34. The summed E-state index contributed by atoms with van der Waals surface area (Å²) in [7, 11) is 0. The molecule has 2 aromatic rings. The van der Waals surface area contributed by atoms with E-state index in [0.29, 0.717) is 11.1 Å². The molecule has 0 aliphatic heterocycles. The third kappa shape index (κ3) is 2.38. The van der Waals surface area contributed by atoms with Crippen LogP contribution in [0.15, 0.2) is 28.9 Å². The van der Waals surface area contributed by atoms with Crippen LogP contribution in [0.1, 0.15) is 13.8 Å². The summed E-state index contributed by atoms with van der Waals surface area (Å²) in [6.07, 6.45) is 1.38. The van der Waals surface area contributed by atoms with E-state index < -0.39 is 5.82 Å². The van der Waals surface area contributed by atoms with Crippen LogP contribution in [0.3, 0.4) is 0 Å². The topological polar surface area (TPSA) is 61.3 Å². The van der Waals surface area contributed by atoms with Gasteiger partial charge in [-0.1, -0.05) is 11.2 Å². The van der Waals surface area contributed by atoms with Crippen molar-refractivity contribution in [2.45, 2.75) is 20.0 Å². The SMILES string of the molecule is CC(C)Oc1ccc(-c2cnoc2N)cc1F. The minimum atomic E-state index is -0.434. The summed E-state index contributed by atoms with van der Waals surface area (Å²) < 4.78 is 23.7. The highest BCUT2D eigenvalue weighted by Crippen LogP contribution is 2.29. The highest BCUT2D eigenvalue weighted by atomic mass is 19.1. The van der Waals surface area contributed by atoms with Gasteiger partial charge in [0.25, 0.3) is 0 Å². The number of hydrogen-bond donors (Lipinski definition) is 1. The van der Waals surface area contributed by atoms with Crippen molar-refractivity contribution < 1.29 is 13.7 Å². The Morgan fingerprint density at radius 1 is 1.41 bits per heavy atom. The average Bonchev–Trinajstić information content (AvgIpc) is 2.67. The zero-order chi connectivity index (χ0) is 12.4. The van der Waals surface area contributed by atoms with Crippen molar-refractivity contribution in [3.05, 3.63) is 30.2 Å². The molecule has 0 amide bonds. The van der Waals surface area contributed by atoms with E-state index in [1.54, 1.807) is 12.1 Å². The van der Waals surface area contributed by atoms with Crippen molar-refractivity contribution >= 4 is 5.88 Å². The van der Waals surface area contributed by atoms with Crippen LogP contribution in [0.2, 0.25) is 0 Å². The van der Waals surface area contributed by atoms with Gasteiger partial charge in [0, 0.05) is 0 Å². The summed E-state index contributed by atoms with van der Waals surface area (Å²) in [5, 5.41) is 3.54. The Bertz CT molecular complexity index is 523. The van der Waals surface area contributed by atoms with Gasteiger partial charge in [0.2, 0.25) is 5.88 Å². The van der Waals surface area contributed by atoms with Crippen LogP contribution in [0.25, 0.3) is 11.1 Å². The van der Waals surface area contributed by atoms with Crippen molar-refractivity contribution in [3.8, 4) is 16.9 Å². The van der Waals surface area contributed by atoms with Gasteiger partial charge in [-0.15, -0.1) is 0 Å². The maximum atomic E-state index is 13.7. The van der Waals surface area contributed by atoms with E-state index in [4.69, 9.17) is 15.0 Å². The largest absolute Gasteiger partial charge is 0.488 e. The van der Waals surface area contributed by atoms with Crippen LogP contribution in [0.4, 0.5) is 10.3 Å². The molecule has 0 saturated heterocycles. The maximum Gasteiger partial charge on any atom is 0.229 e. The number of rotatable bonds is 3. The third-order valence-corrected chi connectivity index (χ3v) is 2.20. The predicted octanol–water partition coefficient (Wildman–Crippen LogP) is 2.85. The van der Waals surface area contributed by atoms with E-state index in [9.17, 15) is 4.39 Å². The molecule has 17 heavy (non-hydrogen) atoms. The molecular weight excluding hydrogens is 223 g/mol. The molecule has 5 heteroatoms. The second-order valence-corrected chi connectivity index (χ2v) is 3.92. The fourth-order valence-corrected chi connectivity index (χ4v) is 1.48. The number of aromatic nitrogens is 1. The summed E-state index contributed by atoms with van der Waals surface area (Å²) in [5.74, 6) is -0.0440. The molecule has 0 bridgehead atoms. The zero-order valence-corrected chi connectivity index (χ0v) is 9.61. The molecule has 4 nitrogen and oxygen atoms in total. The number of nitrogens with two attached hydrogens (primary N) is 1. The van der Waals surface area contributed by atoms with Crippen LogP contribution in [0.5, 0.6) is 5.75 Å². The van der Waals surface area contributed by atoms with Gasteiger partial charge in [0.15, 0.2) is 11.6 Å². The maximum absolute atomic E-state index is 13.7. The predicted molar refractivity (Wildman–Crippen MR) is 62.1 cm³/mol. The van der Waals surface area contributed by atoms with Gasteiger partial charge in [-0.2, -0.15) is 0 Å². The molecule has 2 rings (SSSR count). The molecule has 1 aromatic carbocycles. The Kier molecular flexibility index (Phi) is 2.99. The lowest BCUT2D eigenvalue weighted by molar-refractivity contribution is 0.231. The minimum Gasteiger partial charge on any atom is -0.488 e. The van der Waals surface area contributed by atoms with Gasteiger partial charge < -0.3 is 15.0 Å². The average molecular weight is 236 g/mol. The van der Waals surface area contributed by atoms with E-state index in [0.717, 1.165) is 0 Å². The first kappa shape index (κ1) is 11.4. The summed E-state index contributed by atoms with van der Waals surface area (Å²) in [4.78, 5) is 0. The van der Waals surface area contributed by atoms with Crippen molar-refractivity contribution in [1.82, 2.24) is 5.16 Å². The van der Waals surface area contributed by atoms with Gasteiger partial charge in [-0.25, -0.2) is 4.39 Å². The molecule has 0 radical (unpaired) electrons. The quantitative estimate of drug-likeness (QED) is 0.890. The normalized spacial score (nSPS) is 10.8. The van der Waals surface area contributed by atoms with Gasteiger partial charge in [-0.05, 0) is 31.5 Å². The van der Waals surface area contributed by atoms with E-state index in [1.807, 2.05) is 13.8 Å². The molecule has 0 aliphatic rings. The number of halogens is 1. The number of ether oxygens (including phenoxy) is 1. The molecule has 0 atom stereocenters. The van der Waals surface area contributed by atoms with E-state index >= 15 is 0 Å². The molecule has 1 heterocycles. The minimum absolute atomic E-state index is 0.0731. The summed E-state index contributed by atoms with van der Waals surface area (Å²) in [6, 6.07) is 4.63.